The second-order valence-corrected chi connectivity index (χ2v) is 4.31. The number of likely N-dealkylation sites (tertiary alicyclic amines) is 1. The molecular formula is C10H21N3. The van der Waals surface area contributed by atoms with Crippen LogP contribution in [-0.4, -0.2) is 43.2 Å². The highest BCUT2D eigenvalue weighted by atomic mass is 15.2. The minimum Gasteiger partial charge on any atom is -0.330 e. The maximum absolute atomic E-state index is 5.45. The van der Waals surface area contributed by atoms with Crippen LogP contribution in [0.5, 0.6) is 0 Å². The third-order valence-corrected chi connectivity index (χ3v) is 3.10. The topological polar surface area (TPSA) is 41.3 Å². The molecule has 0 bridgehead atoms. The van der Waals surface area contributed by atoms with Crippen LogP contribution in [0.4, 0.5) is 0 Å². The lowest BCUT2D eigenvalue weighted by Gasteiger charge is -2.15. The minimum absolute atomic E-state index is 0.743. The van der Waals surface area contributed by atoms with E-state index in [1.165, 1.54) is 32.4 Å². The Balaban J connectivity index is 1.60. The van der Waals surface area contributed by atoms with Gasteiger partial charge in [0.1, 0.15) is 0 Å². The number of rotatable bonds is 5. The average molecular weight is 183 g/mol. The molecule has 2 fully saturated rings. The molecular weight excluding hydrogens is 162 g/mol. The smallest absolute Gasteiger partial charge is 0.0207 e. The number of nitrogens with one attached hydrogen (secondary N) is 1. The van der Waals surface area contributed by atoms with Gasteiger partial charge >= 0.3 is 0 Å². The first-order valence-corrected chi connectivity index (χ1v) is 5.57. The largest absolute Gasteiger partial charge is 0.330 e. The van der Waals surface area contributed by atoms with Gasteiger partial charge in [0, 0.05) is 25.2 Å². The van der Waals surface area contributed by atoms with Gasteiger partial charge in [-0.2, -0.15) is 0 Å². The van der Waals surface area contributed by atoms with E-state index in [2.05, 4.69) is 10.2 Å². The molecule has 1 aliphatic carbocycles. The van der Waals surface area contributed by atoms with Gasteiger partial charge in [-0.05, 0) is 38.8 Å². The first-order valence-electron chi connectivity index (χ1n) is 5.57. The maximum atomic E-state index is 5.45. The van der Waals surface area contributed by atoms with Crippen molar-refractivity contribution in [2.24, 2.45) is 5.73 Å². The summed E-state index contributed by atoms with van der Waals surface area (Å²) in [5, 5.41) is 3.57. The normalized spacial score (nSPS) is 29.8. The van der Waals surface area contributed by atoms with Crippen molar-refractivity contribution in [3.05, 3.63) is 0 Å². The number of hydrogen-bond acceptors (Lipinski definition) is 3. The molecule has 0 aromatic rings. The lowest BCUT2D eigenvalue weighted by molar-refractivity contribution is 0.317. The van der Waals surface area contributed by atoms with Crippen LogP contribution in [-0.2, 0) is 0 Å². The Kier molecular flexibility index (Phi) is 3.19. The van der Waals surface area contributed by atoms with Crippen LogP contribution in [0.3, 0.4) is 0 Å². The van der Waals surface area contributed by atoms with E-state index in [4.69, 9.17) is 5.73 Å². The summed E-state index contributed by atoms with van der Waals surface area (Å²) in [5.41, 5.74) is 5.45. The molecule has 1 saturated carbocycles. The van der Waals surface area contributed by atoms with Crippen molar-refractivity contribution in [3.63, 3.8) is 0 Å². The summed E-state index contributed by atoms with van der Waals surface area (Å²) >= 11 is 0. The van der Waals surface area contributed by atoms with E-state index in [1.54, 1.807) is 0 Å². The molecule has 0 amide bonds. The van der Waals surface area contributed by atoms with Gasteiger partial charge < -0.3 is 11.1 Å². The fourth-order valence-electron chi connectivity index (χ4n) is 2.13. The predicted molar refractivity (Wildman–Crippen MR) is 54.7 cm³/mol. The summed E-state index contributed by atoms with van der Waals surface area (Å²) in [5.74, 6) is 0. The summed E-state index contributed by atoms with van der Waals surface area (Å²) in [4.78, 5) is 2.64. The van der Waals surface area contributed by atoms with Gasteiger partial charge in [0.05, 0.1) is 0 Å². The summed E-state index contributed by atoms with van der Waals surface area (Å²) in [6, 6.07) is 1.69. The van der Waals surface area contributed by atoms with Crippen LogP contribution in [0.15, 0.2) is 0 Å². The van der Waals surface area contributed by atoms with Crippen molar-refractivity contribution < 1.29 is 0 Å². The van der Waals surface area contributed by atoms with E-state index >= 15 is 0 Å². The number of nitrogens with two attached hydrogens (primary N) is 1. The van der Waals surface area contributed by atoms with Gasteiger partial charge in [-0.25, -0.2) is 0 Å². The molecule has 2 aliphatic rings. The molecule has 0 aromatic carbocycles. The Morgan fingerprint density at radius 1 is 1.31 bits per heavy atom. The SMILES string of the molecule is NCCCNC1CCN(C2CC2)C1. The van der Waals surface area contributed by atoms with Crippen LogP contribution in [0, 0.1) is 0 Å². The van der Waals surface area contributed by atoms with E-state index in [-0.39, 0.29) is 0 Å². The first kappa shape index (κ1) is 9.44. The fraction of sp³-hybridized carbons (Fsp3) is 1.00. The zero-order chi connectivity index (χ0) is 9.10. The molecule has 3 nitrogen and oxygen atoms in total. The van der Waals surface area contributed by atoms with E-state index in [0.717, 1.165) is 31.6 Å². The van der Waals surface area contributed by atoms with Crippen molar-refractivity contribution in [1.29, 1.82) is 0 Å². The molecule has 13 heavy (non-hydrogen) atoms. The summed E-state index contributed by atoms with van der Waals surface area (Å²) < 4.78 is 0. The molecule has 3 heteroatoms. The molecule has 3 N–H and O–H groups in total. The third kappa shape index (κ3) is 2.66. The first-order chi connectivity index (χ1) is 6.40. The maximum Gasteiger partial charge on any atom is 0.0207 e. The van der Waals surface area contributed by atoms with Crippen molar-refractivity contribution in [2.45, 2.75) is 37.8 Å². The van der Waals surface area contributed by atoms with Crippen LogP contribution in [0.2, 0.25) is 0 Å². The Morgan fingerprint density at radius 3 is 2.85 bits per heavy atom. The van der Waals surface area contributed by atoms with Crippen LogP contribution in [0.1, 0.15) is 25.7 Å². The zero-order valence-electron chi connectivity index (χ0n) is 8.34. The molecule has 1 unspecified atom stereocenters. The van der Waals surface area contributed by atoms with Gasteiger partial charge in [0.25, 0.3) is 0 Å². The summed E-state index contributed by atoms with van der Waals surface area (Å²) in [6.07, 6.45) is 5.33. The molecule has 1 aliphatic heterocycles. The van der Waals surface area contributed by atoms with Gasteiger partial charge in [-0.3, -0.25) is 4.90 Å². The molecule has 0 aromatic heterocycles. The Labute approximate surface area is 80.7 Å². The van der Waals surface area contributed by atoms with Crippen LogP contribution in [0.25, 0.3) is 0 Å². The highest BCUT2D eigenvalue weighted by Crippen LogP contribution is 2.29. The Morgan fingerprint density at radius 2 is 2.15 bits per heavy atom. The predicted octanol–water partition coefficient (Wildman–Crippen LogP) is 0.162. The van der Waals surface area contributed by atoms with E-state index in [1.807, 2.05) is 0 Å². The number of nitrogens with zero attached hydrogens (tertiary/aromatic N) is 1. The van der Waals surface area contributed by atoms with Crippen molar-refractivity contribution in [2.75, 3.05) is 26.2 Å². The van der Waals surface area contributed by atoms with E-state index in [0.29, 0.717) is 0 Å². The van der Waals surface area contributed by atoms with Crippen molar-refractivity contribution in [1.82, 2.24) is 10.2 Å². The van der Waals surface area contributed by atoms with Gasteiger partial charge in [-0.15, -0.1) is 0 Å². The molecule has 1 heterocycles. The number of hydrogen-bond donors (Lipinski definition) is 2. The molecule has 0 spiro atoms. The molecule has 1 saturated heterocycles. The standard InChI is InChI=1S/C10H21N3/c11-5-1-6-12-9-4-7-13(8-9)10-2-3-10/h9-10,12H,1-8,11H2. The average Bonchev–Trinajstić information content (AvgIpc) is 2.88. The van der Waals surface area contributed by atoms with E-state index < -0.39 is 0 Å². The zero-order valence-corrected chi connectivity index (χ0v) is 8.34. The third-order valence-electron chi connectivity index (χ3n) is 3.10. The Bertz CT molecular complexity index is 156. The molecule has 1 atom stereocenters. The van der Waals surface area contributed by atoms with Crippen LogP contribution >= 0.6 is 0 Å². The lowest BCUT2D eigenvalue weighted by atomic mass is 10.2. The van der Waals surface area contributed by atoms with E-state index in [9.17, 15) is 0 Å². The van der Waals surface area contributed by atoms with Gasteiger partial charge in [0.15, 0.2) is 0 Å². The van der Waals surface area contributed by atoms with Crippen molar-refractivity contribution >= 4 is 0 Å². The van der Waals surface area contributed by atoms with Gasteiger partial charge in [0.2, 0.25) is 0 Å². The van der Waals surface area contributed by atoms with Crippen LogP contribution < -0.4 is 11.1 Å². The molecule has 2 rings (SSSR count). The lowest BCUT2D eigenvalue weighted by Crippen LogP contribution is -2.34. The molecule has 0 radical (unpaired) electrons. The second kappa shape index (κ2) is 4.40. The second-order valence-electron chi connectivity index (χ2n) is 4.31. The summed E-state index contributed by atoms with van der Waals surface area (Å²) in [6.45, 7) is 4.49. The quantitative estimate of drug-likeness (QED) is 0.597. The Hall–Kier alpha value is -0.120. The molecule has 76 valence electrons. The van der Waals surface area contributed by atoms with Gasteiger partial charge in [-0.1, -0.05) is 0 Å². The van der Waals surface area contributed by atoms with Crippen molar-refractivity contribution in [3.8, 4) is 0 Å². The fourth-order valence-corrected chi connectivity index (χ4v) is 2.13. The minimum atomic E-state index is 0.743. The highest BCUT2D eigenvalue weighted by molar-refractivity contribution is 4.91. The highest BCUT2D eigenvalue weighted by Gasteiger charge is 2.33. The monoisotopic (exact) mass is 183 g/mol. The summed E-state index contributed by atoms with van der Waals surface area (Å²) in [7, 11) is 0.